The number of likely N-dealkylation sites (N-methyl/N-ethyl adjacent to an activating group) is 1. The van der Waals surface area contributed by atoms with Crippen molar-refractivity contribution < 1.29 is 22.5 Å². The molecular weight excluding hydrogens is 420 g/mol. The summed E-state index contributed by atoms with van der Waals surface area (Å²) in [7, 11) is -2.13. The first-order chi connectivity index (χ1) is 14.6. The van der Waals surface area contributed by atoms with Gasteiger partial charge >= 0.3 is 0 Å². The number of amides is 2. The summed E-state index contributed by atoms with van der Waals surface area (Å²) < 4.78 is 32.2. The van der Waals surface area contributed by atoms with Gasteiger partial charge in [-0.1, -0.05) is 22.9 Å². The number of nitrogens with zero attached hydrogens (tertiary/aromatic N) is 3. The summed E-state index contributed by atoms with van der Waals surface area (Å²) in [4.78, 5) is 26.5. The number of piperidine rings is 1. The fraction of sp³-hybridized carbons (Fsp3) is 0.476. The maximum Gasteiger partial charge on any atom is 0.248 e. The molecule has 0 aliphatic carbocycles. The highest BCUT2D eigenvalue weighted by atomic mass is 32.2. The number of anilines is 1. The zero-order chi connectivity index (χ0) is 22.8. The second-order valence-electron chi connectivity index (χ2n) is 7.94. The lowest BCUT2D eigenvalue weighted by molar-refractivity contribution is -0.138. The zero-order valence-corrected chi connectivity index (χ0v) is 19.0. The molecule has 1 aliphatic heterocycles. The van der Waals surface area contributed by atoms with Crippen molar-refractivity contribution >= 4 is 27.5 Å². The molecule has 10 heteroatoms. The molecule has 31 heavy (non-hydrogen) atoms. The van der Waals surface area contributed by atoms with E-state index in [1.807, 2.05) is 31.2 Å². The van der Waals surface area contributed by atoms with Crippen LogP contribution in [0.4, 0.5) is 5.69 Å². The van der Waals surface area contributed by atoms with Crippen molar-refractivity contribution in [1.82, 2.24) is 14.4 Å². The second kappa shape index (κ2) is 9.19. The summed E-state index contributed by atoms with van der Waals surface area (Å²) >= 11 is 0. The molecule has 0 spiro atoms. The minimum Gasteiger partial charge on any atom is -0.360 e. The van der Waals surface area contributed by atoms with Gasteiger partial charge in [-0.15, -0.1) is 0 Å². The van der Waals surface area contributed by atoms with Crippen molar-refractivity contribution in [3.8, 4) is 0 Å². The summed E-state index contributed by atoms with van der Waals surface area (Å²) in [5, 5.41) is 6.50. The van der Waals surface area contributed by atoms with Crippen LogP contribution in [-0.4, -0.2) is 61.3 Å². The molecular formula is C21H28N4O5S. The van der Waals surface area contributed by atoms with Crippen LogP contribution in [0.2, 0.25) is 0 Å². The van der Waals surface area contributed by atoms with Gasteiger partial charge in [0.25, 0.3) is 0 Å². The Morgan fingerprint density at radius 2 is 1.77 bits per heavy atom. The van der Waals surface area contributed by atoms with E-state index in [9.17, 15) is 18.0 Å². The highest BCUT2D eigenvalue weighted by Crippen LogP contribution is 2.28. The number of carbonyl (C=O) groups excluding carboxylic acids is 2. The van der Waals surface area contributed by atoms with E-state index in [0.29, 0.717) is 24.2 Å². The number of rotatable bonds is 6. The van der Waals surface area contributed by atoms with Gasteiger partial charge in [0.1, 0.15) is 10.6 Å². The van der Waals surface area contributed by atoms with E-state index in [2.05, 4.69) is 10.5 Å². The highest BCUT2D eigenvalue weighted by molar-refractivity contribution is 7.89. The quantitative estimate of drug-likeness (QED) is 0.724. The van der Waals surface area contributed by atoms with Gasteiger partial charge in [0.15, 0.2) is 5.76 Å². The van der Waals surface area contributed by atoms with E-state index in [1.165, 1.54) is 9.21 Å². The third-order valence-corrected chi connectivity index (χ3v) is 7.60. The maximum atomic E-state index is 12.9. The molecule has 0 atom stereocenters. The predicted molar refractivity (Wildman–Crippen MR) is 115 cm³/mol. The molecule has 2 heterocycles. The lowest BCUT2D eigenvalue weighted by Gasteiger charge is -2.32. The molecule has 1 saturated heterocycles. The standard InChI is InChI=1S/C21H28N4O5S/c1-14-5-7-18(8-6-14)22-19(26)13-24(4)21(27)17-9-11-25(12-10-17)31(28,29)20-15(2)23-30-16(20)3/h5-8,17H,9-13H2,1-4H3,(H,22,26). The van der Waals surface area contributed by atoms with Gasteiger partial charge in [0.2, 0.25) is 21.8 Å². The monoisotopic (exact) mass is 448 g/mol. The molecule has 0 unspecified atom stereocenters. The van der Waals surface area contributed by atoms with Gasteiger partial charge < -0.3 is 14.7 Å². The first-order valence-corrected chi connectivity index (χ1v) is 11.6. The third-order valence-electron chi connectivity index (χ3n) is 5.46. The predicted octanol–water partition coefficient (Wildman–Crippen LogP) is 2.10. The third kappa shape index (κ3) is 5.13. The van der Waals surface area contributed by atoms with Crippen LogP contribution in [0.5, 0.6) is 0 Å². The molecule has 168 valence electrons. The summed E-state index contributed by atoms with van der Waals surface area (Å²) in [6.45, 7) is 5.52. The van der Waals surface area contributed by atoms with Crippen molar-refractivity contribution in [2.45, 2.75) is 38.5 Å². The minimum absolute atomic E-state index is 0.0652. The van der Waals surface area contributed by atoms with E-state index in [-0.39, 0.29) is 48.0 Å². The largest absolute Gasteiger partial charge is 0.360 e. The van der Waals surface area contributed by atoms with Crippen molar-refractivity contribution in [2.75, 3.05) is 32.0 Å². The normalized spacial score (nSPS) is 15.6. The number of nitrogens with one attached hydrogen (secondary N) is 1. The van der Waals surface area contributed by atoms with Gasteiger partial charge in [-0.05, 0) is 45.7 Å². The Morgan fingerprint density at radius 3 is 2.32 bits per heavy atom. The number of aryl methyl sites for hydroxylation is 3. The van der Waals surface area contributed by atoms with Gasteiger partial charge in [-0.25, -0.2) is 8.42 Å². The molecule has 0 bridgehead atoms. The molecule has 1 aliphatic rings. The van der Waals surface area contributed by atoms with Gasteiger partial charge in [0.05, 0.1) is 6.54 Å². The molecule has 1 fully saturated rings. The Labute approximate surface area is 182 Å². The molecule has 1 aromatic heterocycles. The zero-order valence-electron chi connectivity index (χ0n) is 18.2. The average Bonchev–Trinajstić information content (AvgIpc) is 3.08. The van der Waals surface area contributed by atoms with Crippen LogP contribution in [0.1, 0.15) is 29.9 Å². The van der Waals surface area contributed by atoms with Crippen molar-refractivity contribution in [1.29, 1.82) is 0 Å². The van der Waals surface area contributed by atoms with E-state index >= 15 is 0 Å². The van der Waals surface area contributed by atoms with Crippen LogP contribution in [0.25, 0.3) is 0 Å². The van der Waals surface area contributed by atoms with Crippen LogP contribution < -0.4 is 5.32 Å². The summed E-state index contributed by atoms with van der Waals surface area (Å²) in [5.74, 6) is -0.505. The summed E-state index contributed by atoms with van der Waals surface area (Å²) in [6.07, 6.45) is 0.788. The van der Waals surface area contributed by atoms with E-state index in [1.54, 1.807) is 20.9 Å². The summed E-state index contributed by atoms with van der Waals surface area (Å²) in [5.41, 5.74) is 2.09. The van der Waals surface area contributed by atoms with E-state index in [0.717, 1.165) is 5.56 Å². The fourth-order valence-electron chi connectivity index (χ4n) is 3.76. The molecule has 2 amide bonds. The van der Waals surface area contributed by atoms with E-state index in [4.69, 9.17) is 4.52 Å². The average molecular weight is 449 g/mol. The lowest BCUT2D eigenvalue weighted by Crippen LogP contribution is -2.45. The van der Waals surface area contributed by atoms with Crippen LogP contribution in [-0.2, 0) is 19.6 Å². The van der Waals surface area contributed by atoms with Crippen molar-refractivity contribution in [2.24, 2.45) is 5.92 Å². The SMILES string of the molecule is Cc1ccc(NC(=O)CN(C)C(=O)C2CCN(S(=O)(=O)c3c(C)noc3C)CC2)cc1. The van der Waals surface area contributed by atoms with Gasteiger partial charge in [-0.2, -0.15) is 4.31 Å². The number of sulfonamides is 1. The molecule has 0 saturated carbocycles. The minimum atomic E-state index is -3.72. The Morgan fingerprint density at radius 1 is 1.16 bits per heavy atom. The number of benzene rings is 1. The van der Waals surface area contributed by atoms with Crippen LogP contribution >= 0.6 is 0 Å². The van der Waals surface area contributed by atoms with Crippen molar-refractivity contribution in [3.05, 3.63) is 41.3 Å². The molecule has 1 N–H and O–H groups in total. The smallest absolute Gasteiger partial charge is 0.248 e. The Bertz CT molecular complexity index is 1030. The summed E-state index contributed by atoms with van der Waals surface area (Å²) in [6, 6.07) is 7.41. The molecule has 9 nitrogen and oxygen atoms in total. The molecule has 0 radical (unpaired) electrons. The molecule has 3 rings (SSSR count). The lowest BCUT2D eigenvalue weighted by atomic mass is 9.96. The van der Waals surface area contributed by atoms with Gasteiger partial charge in [-0.3, -0.25) is 9.59 Å². The van der Waals surface area contributed by atoms with Crippen LogP contribution in [0, 0.1) is 26.7 Å². The first-order valence-electron chi connectivity index (χ1n) is 10.1. The second-order valence-corrected chi connectivity index (χ2v) is 9.81. The molecule has 1 aromatic carbocycles. The Kier molecular flexibility index (Phi) is 6.80. The maximum absolute atomic E-state index is 12.9. The topological polar surface area (TPSA) is 113 Å². The highest BCUT2D eigenvalue weighted by Gasteiger charge is 2.36. The molecule has 2 aromatic rings. The first kappa shape index (κ1) is 23.0. The number of hydrogen-bond acceptors (Lipinski definition) is 6. The van der Waals surface area contributed by atoms with Crippen LogP contribution in [0.3, 0.4) is 0 Å². The van der Waals surface area contributed by atoms with Crippen molar-refractivity contribution in [3.63, 3.8) is 0 Å². The van der Waals surface area contributed by atoms with Gasteiger partial charge in [0, 0.05) is 31.7 Å². The van der Waals surface area contributed by atoms with E-state index < -0.39 is 10.0 Å². The fourth-order valence-corrected chi connectivity index (χ4v) is 5.52. The Balaban J connectivity index is 1.54. The Hall–Kier alpha value is -2.72. The number of carbonyl (C=O) groups is 2. The van der Waals surface area contributed by atoms with Crippen LogP contribution in [0.15, 0.2) is 33.7 Å². The number of aromatic nitrogens is 1. The number of hydrogen-bond donors (Lipinski definition) is 1.